The zero-order valence-electron chi connectivity index (χ0n) is 11.1. The molecule has 0 saturated heterocycles. The normalized spacial score (nSPS) is 17.2. The van der Waals surface area contributed by atoms with E-state index < -0.39 is 0 Å². The molecular formula is C13H16N6O. The minimum absolute atomic E-state index is 0.246. The number of aromatic nitrogens is 5. The van der Waals surface area contributed by atoms with Crippen molar-refractivity contribution < 1.29 is 4.79 Å². The van der Waals surface area contributed by atoms with Crippen LogP contribution in [0.25, 0.3) is 0 Å². The molecule has 1 aliphatic carbocycles. The number of carbonyl (C=O) groups is 1. The Kier molecular flexibility index (Phi) is 2.58. The maximum absolute atomic E-state index is 12.1. The van der Waals surface area contributed by atoms with Crippen LogP contribution in [0.3, 0.4) is 0 Å². The second-order valence-corrected chi connectivity index (χ2v) is 5.57. The summed E-state index contributed by atoms with van der Waals surface area (Å²) in [5, 5.41) is 15.0. The molecule has 20 heavy (non-hydrogen) atoms. The van der Waals surface area contributed by atoms with E-state index in [4.69, 9.17) is 0 Å². The SMILES string of the molecule is O=C(Nc1cc2n(n1)CCC2)c1cn(CC2CC2)nn1. The summed E-state index contributed by atoms with van der Waals surface area (Å²) in [5.74, 6) is 1.06. The smallest absolute Gasteiger partial charge is 0.279 e. The summed E-state index contributed by atoms with van der Waals surface area (Å²) in [6, 6.07) is 1.93. The molecule has 104 valence electrons. The fraction of sp³-hybridized carbons (Fsp3) is 0.538. The van der Waals surface area contributed by atoms with Gasteiger partial charge in [0.05, 0.1) is 6.20 Å². The Hall–Kier alpha value is -2.18. The average Bonchev–Trinajstić information content (AvgIpc) is 2.82. The Morgan fingerprint density at radius 3 is 3.15 bits per heavy atom. The van der Waals surface area contributed by atoms with Crippen molar-refractivity contribution in [2.45, 2.75) is 38.8 Å². The van der Waals surface area contributed by atoms with Gasteiger partial charge in [0.25, 0.3) is 5.91 Å². The minimum Gasteiger partial charge on any atom is -0.304 e. The largest absolute Gasteiger partial charge is 0.304 e. The van der Waals surface area contributed by atoms with Crippen LogP contribution in [0.1, 0.15) is 35.4 Å². The number of aryl methyl sites for hydroxylation is 2. The molecule has 7 heteroatoms. The molecule has 3 heterocycles. The number of rotatable bonds is 4. The highest BCUT2D eigenvalue weighted by Crippen LogP contribution is 2.30. The molecule has 0 atom stereocenters. The molecular weight excluding hydrogens is 256 g/mol. The second-order valence-electron chi connectivity index (χ2n) is 5.57. The van der Waals surface area contributed by atoms with Crippen LogP contribution < -0.4 is 5.32 Å². The van der Waals surface area contributed by atoms with Crippen molar-refractivity contribution in [3.63, 3.8) is 0 Å². The van der Waals surface area contributed by atoms with E-state index in [1.165, 1.54) is 18.5 Å². The topological polar surface area (TPSA) is 77.6 Å². The van der Waals surface area contributed by atoms with Crippen molar-refractivity contribution in [2.24, 2.45) is 5.92 Å². The number of carbonyl (C=O) groups excluding carboxylic acids is 1. The van der Waals surface area contributed by atoms with E-state index in [0.717, 1.165) is 25.9 Å². The van der Waals surface area contributed by atoms with Gasteiger partial charge in [-0.3, -0.25) is 14.2 Å². The van der Waals surface area contributed by atoms with Gasteiger partial charge in [-0.1, -0.05) is 5.21 Å². The van der Waals surface area contributed by atoms with Gasteiger partial charge >= 0.3 is 0 Å². The van der Waals surface area contributed by atoms with Crippen LogP contribution in [-0.2, 0) is 19.5 Å². The van der Waals surface area contributed by atoms with Gasteiger partial charge in [0.15, 0.2) is 11.5 Å². The third-order valence-electron chi connectivity index (χ3n) is 3.82. The van der Waals surface area contributed by atoms with Crippen molar-refractivity contribution in [1.29, 1.82) is 0 Å². The van der Waals surface area contributed by atoms with Gasteiger partial charge < -0.3 is 5.32 Å². The molecule has 1 amide bonds. The van der Waals surface area contributed by atoms with E-state index in [9.17, 15) is 4.79 Å². The summed E-state index contributed by atoms with van der Waals surface area (Å²) in [6.45, 7) is 1.79. The van der Waals surface area contributed by atoms with Crippen LogP contribution in [0, 0.1) is 5.92 Å². The first kappa shape index (κ1) is 11.6. The third kappa shape index (κ3) is 2.19. The van der Waals surface area contributed by atoms with Crippen LogP contribution in [-0.4, -0.2) is 30.7 Å². The number of anilines is 1. The van der Waals surface area contributed by atoms with Crippen molar-refractivity contribution in [3.05, 3.63) is 23.7 Å². The highest BCUT2D eigenvalue weighted by atomic mass is 16.2. The first-order chi connectivity index (χ1) is 9.78. The molecule has 4 rings (SSSR count). The van der Waals surface area contributed by atoms with E-state index >= 15 is 0 Å². The van der Waals surface area contributed by atoms with Crippen molar-refractivity contribution in [1.82, 2.24) is 24.8 Å². The predicted octanol–water partition coefficient (Wildman–Crippen LogP) is 1.08. The van der Waals surface area contributed by atoms with Crippen LogP contribution in [0.2, 0.25) is 0 Å². The number of nitrogens with one attached hydrogen (secondary N) is 1. The first-order valence-electron chi connectivity index (χ1n) is 7.06. The molecule has 0 spiro atoms. The lowest BCUT2D eigenvalue weighted by molar-refractivity contribution is 0.102. The Bertz CT molecular complexity index is 632. The number of amides is 1. The molecule has 2 aliphatic rings. The zero-order valence-corrected chi connectivity index (χ0v) is 11.1. The summed E-state index contributed by atoms with van der Waals surface area (Å²) < 4.78 is 3.69. The Balaban J connectivity index is 1.44. The molecule has 0 radical (unpaired) electrons. The van der Waals surface area contributed by atoms with Crippen molar-refractivity contribution in [3.8, 4) is 0 Å². The van der Waals surface area contributed by atoms with Gasteiger partial charge in [-0.2, -0.15) is 5.10 Å². The predicted molar refractivity (Wildman–Crippen MR) is 71.2 cm³/mol. The second kappa shape index (κ2) is 4.43. The maximum Gasteiger partial charge on any atom is 0.279 e. The number of hydrogen-bond donors (Lipinski definition) is 1. The minimum atomic E-state index is -0.246. The Labute approximate surface area is 116 Å². The molecule has 1 aliphatic heterocycles. The summed E-state index contributed by atoms with van der Waals surface area (Å²) in [6.07, 6.45) is 6.37. The summed E-state index contributed by atoms with van der Waals surface area (Å²) >= 11 is 0. The molecule has 7 nitrogen and oxygen atoms in total. The third-order valence-corrected chi connectivity index (χ3v) is 3.82. The van der Waals surface area contributed by atoms with Crippen LogP contribution >= 0.6 is 0 Å². The van der Waals surface area contributed by atoms with E-state index in [2.05, 4.69) is 20.7 Å². The van der Waals surface area contributed by atoms with Gasteiger partial charge in [0.1, 0.15) is 0 Å². The zero-order chi connectivity index (χ0) is 13.5. The lowest BCUT2D eigenvalue weighted by atomic mass is 10.3. The molecule has 2 aromatic rings. The average molecular weight is 272 g/mol. The molecule has 1 fully saturated rings. The Morgan fingerprint density at radius 2 is 2.35 bits per heavy atom. The van der Waals surface area contributed by atoms with E-state index in [-0.39, 0.29) is 5.91 Å². The molecule has 1 saturated carbocycles. The molecule has 0 unspecified atom stereocenters. The lowest BCUT2D eigenvalue weighted by Crippen LogP contribution is -2.13. The van der Waals surface area contributed by atoms with Gasteiger partial charge in [0.2, 0.25) is 0 Å². The highest BCUT2D eigenvalue weighted by Gasteiger charge is 2.23. The Morgan fingerprint density at radius 1 is 1.45 bits per heavy atom. The first-order valence-corrected chi connectivity index (χ1v) is 7.06. The number of fused-ring (bicyclic) bond motifs is 1. The summed E-state index contributed by atoms with van der Waals surface area (Å²) in [5.41, 5.74) is 1.52. The molecule has 2 aromatic heterocycles. The van der Waals surface area contributed by atoms with Gasteiger partial charge in [-0.25, -0.2) is 0 Å². The van der Waals surface area contributed by atoms with Crippen molar-refractivity contribution >= 4 is 11.7 Å². The number of hydrogen-bond acceptors (Lipinski definition) is 4. The van der Waals surface area contributed by atoms with E-state index in [0.29, 0.717) is 17.4 Å². The fourth-order valence-electron chi connectivity index (χ4n) is 2.56. The van der Waals surface area contributed by atoms with Crippen LogP contribution in [0.15, 0.2) is 12.3 Å². The van der Waals surface area contributed by atoms with Crippen LogP contribution in [0.5, 0.6) is 0 Å². The molecule has 0 bridgehead atoms. The van der Waals surface area contributed by atoms with Gasteiger partial charge in [-0.05, 0) is 31.6 Å². The standard InChI is InChI=1S/C13H16N6O/c20-13(11-8-18(17-15-11)7-9-3-4-9)14-12-6-10-2-1-5-19(10)16-12/h6,8-9H,1-5,7H2,(H,14,16,20). The van der Waals surface area contributed by atoms with Gasteiger partial charge in [-0.15, -0.1) is 5.10 Å². The maximum atomic E-state index is 12.1. The summed E-state index contributed by atoms with van der Waals surface area (Å²) in [4.78, 5) is 12.1. The lowest BCUT2D eigenvalue weighted by Gasteiger charge is -1.98. The molecule has 1 N–H and O–H groups in total. The fourth-order valence-corrected chi connectivity index (χ4v) is 2.56. The quantitative estimate of drug-likeness (QED) is 0.903. The van der Waals surface area contributed by atoms with Gasteiger partial charge in [0, 0.05) is 24.8 Å². The molecule has 0 aromatic carbocycles. The monoisotopic (exact) mass is 272 g/mol. The number of nitrogens with zero attached hydrogens (tertiary/aromatic N) is 5. The summed E-state index contributed by atoms with van der Waals surface area (Å²) in [7, 11) is 0. The van der Waals surface area contributed by atoms with Crippen LogP contribution in [0.4, 0.5) is 5.82 Å². The van der Waals surface area contributed by atoms with E-state index in [1.54, 1.807) is 10.9 Å². The van der Waals surface area contributed by atoms with E-state index in [1.807, 2.05) is 10.7 Å². The highest BCUT2D eigenvalue weighted by molar-refractivity contribution is 6.02. The van der Waals surface area contributed by atoms with Crippen molar-refractivity contribution in [2.75, 3.05) is 5.32 Å².